The van der Waals surface area contributed by atoms with E-state index in [9.17, 15) is 9.59 Å². The van der Waals surface area contributed by atoms with Crippen LogP contribution in [-0.4, -0.2) is 37.5 Å². The minimum Gasteiger partial charge on any atom is -0.354 e. The minimum atomic E-state index is -0.433. The first-order valence-corrected chi connectivity index (χ1v) is 8.93. The highest BCUT2D eigenvalue weighted by Gasteiger charge is 2.21. The Morgan fingerprint density at radius 3 is 2.52 bits per heavy atom. The van der Waals surface area contributed by atoms with E-state index >= 15 is 0 Å². The average molecular weight is 346 g/mol. The van der Waals surface area contributed by atoms with Crippen molar-refractivity contribution >= 4 is 24.2 Å². The highest BCUT2D eigenvalue weighted by Crippen LogP contribution is 2.26. The van der Waals surface area contributed by atoms with Crippen LogP contribution in [0, 0.1) is 11.8 Å². The van der Waals surface area contributed by atoms with Gasteiger partial charge in [-0.05, 0) is 57.5 Å². The summed E-state index contributed by atoms with van der Waals surface area (Å²) in [4.78, 5) is 24.0. The third-order valence-electron chi connectivity index (χ3n) is 4.98. The summed E-state index contributed by atoms with van der Waals surface area (Å²) in [7, 11) is 0. The Bertz CT molecular complexity index is 367. The Kier molecular flexibility index (Phi) is 9.56. The number of nitrogens with one attached hydrogen (secondary N) is 3. The largest absolute Gasteiger partial charge is 0.354 e. The highest BCUT2D eigenvalue weighted by atomic mass is 35.5. The normalized spacial score (nSPS) is 22.9. The molecule has 0 aromatic heterocycles. The predicted molar refractivity (Wildman–Crippen MR) is 94.6 cm³/mol. The first kappa shape index (κ1) is 20.2. The van der Waals surface area contributed by atoms with Crippen LogP contribution in [0.4, 0.5) is 0 Å². The van der Waals surface area contributed by atoms with Crippen molar-refractivity contribution in [2.24, 2.45) is 11.8 Å². The van der Waals surface area contributed by atoms with Gasteiger partial charge in [0.2, 0.25) is 11.8 Å². The molecule has 0 bridgehead atoms. The lowest BCUT2D eigenvalue weighted by Crippen LogP contribution is -2.45. The molecule has 1 aliphatic heterocycles. The molecule has 3 N–H and O–H groups in total. The van der Waals surface area contributed by atoms with E-state index in [0.29, 0.717) is 24.8 Å². The Morgan fingerprint density at radius 2 is 1.87 bits per heavy atom. The molecule has 6 heteroatoms. The fourth-order valence-corrected chi connectivity index (χ4v) is 3.53. The molecule has 134 valence electrons. The molecule has 2 amide bonds. The molecule has 5 nitrogen and oxygen atoms in total. The lowest BCUT2D eigenvalue weighted by molar-refractivity contribution is -0.129. The van der Waals surface area contributed by atoms with E-state index in [1.54, 1.807) is 6.92 Å². The van der Waals surface area contributed by atoms with E-state index < -0.39 is 6.04 Å². The van der Waals surface area contributed by atoms with Crippen LogP contribution in [0.2, 0.25) is 0 Å². The second-order valence-corrected chi connectivity index (χ2v) is 6.94. The number of hydrogen-bond donors (Lipinski definition) is 3. The number of rotatable bonds is 7. The molecule has 1 saturated carbocycles. The zero-order valence-corrected chi connectivity index (χ0v) is 15.1. The van der Waals surface area contributed by atoms with Gasteiger partial charge in [0, 0.05) is 13.0 Å². The molecule has 2 rings (SSSR count). The quantitative estimate of drug-likeness (QED) is 0.661. The Hall–Kier alpha value is -0.810. The summed E-state index contributed by atoms with van der Waals surface area (Å²) < 4.78 is 0. The van der Waals surface area contributed by atoms with Crippen LogP contribution in [0.15, 0.2) is 0 Å². The highest BCUT2D eigenvalue weighted by molar-refractivity contribution is 5.87. The lowest BCUT2D eigenvalue weighted by Gasteiger charge is -2.22. The first-order valence-electron chi connectivity index (χ1n) is 8.93. The van der Waals surface area contributed by atoms with E-state index in [1.807, 2.05) is 0 Å². The summed E-state index contributed by atoms with van der Waals surface area (Å²) in [6.45, 7) is 4.62. The summed E-state index contributed by atoms with van der Waals surface area (Å²) in [5.41, 5.74) is 0. The van der Waals surface area contributed by atoms with Crippen molar-refractivity contribution in [3.8, 4) is 0 Å². The van der Waals surface area contributed by atoms with Crippen LogP contribution >= 0.6 is 12.4 Å². The first-order chi connectivity index (χ1) is 10.6. The molecule has 0 spiro atoms. The number of carbonyl (C=O) groups is 2. The molecule has 1 heterocycles. The van der Waals surface area contributed by atoms with Gasteiger partial charge in [-0.3, -0.25) is 9.59 Å². The van der Waals surface area contributed by atoms with Crippen LogP contribution < -0.4 is 16.0 Å². The van der Waals surface area contributed by atoms with E-state index in [4.69, 9.17) is 0 Å². The maximum absolute atomic E-state index is 12.0. The molecule has 2 atom stereocenters. The third-order valence-corrected chi connectivity index (χ3v) is 4.98. The lowest BCUT2D eigenvalue weighted by atomic mass is 9.87. The molecule has 0 radical (unpaired) electrons. The molecule has 1 saturated heterocycles. The fourth-order valence-electron chi connectivity index (χ4n) is 3.53. The van der Waals surface area contributed by atoms with Crippen molar-refractivity contribution in [1.29, 1.82) is 0 Å². The Balaban J connectivity index is 0.00000264. The minimum absolute atomic E-state index is 0. The molecule has 0 aromatic rings. The van der Waals surface area contributed by atoms with Crippen LogP contribution in [0.3, 0.4) is 0 Å². The second kappa shape index (κ2) is 10.9. The van der Waals surface area contributed by atoms with Gasteiger partial charge in [-0.15, -0.1) is 12.4 Å². The van der Waals surface area contributed by atoms with Gasteiger partial charge in [0.1, 0.15) is 6.04 Å². The summed E-state index contributed by atoms with van der Waals surface area (Å²) in [5.74, 6) is 1.15. The molecular formula is C17H32ClN3O2. The van der Waals surface area contributed by atoms with Crippen molar-refractivity contribution in [3.05, 3.63) is 0 Å². The van der Waals surface area contributed by atoms with E-state index in [-0.39, 0.29) is 24.2 Å². The molecule has 1 aliphatic carbocycles. The maximum Gasteiger partial charge on any atom is 0.242 e. The van der Waals surface area contributed by atoms with Gasteiger partial charge >= 0.3 is 0 Å². The molecule has 2 aliphatic rings. The van der Waals surface area contributed by atoms with Crippen LogP contribution in [0.5, 0.6) is 0 Å². The van der Waals surface area contributed by atoms with Gasteiger partial charge < -0.3 is 16.0 Å². The van der Waals surface area contributed by atoms with E-state index in [2.05, 4.69) is 16.0 Å². The fraction of sp³-hybridized carbons (Fsp3) is 0.882. The predicted octanol–water partition coefficient (Wildman–Crippen LogP) is 2.00. The molecule has 2 fully saturated rings. The van der Waals surface area contributed by atoms with Crippen molar-refractivity contribution < 1.29 is 9.59 Å². The van der Waals surface area contributed by atoms with Crippen LogP contribution in [0.1, 0.15) is 58.3 Å². The van der Waals surface area contributed by atoms with E-state index in [1.165, 1.54) is 25.7 Å². The topological polar surface area (TPSA) is 70.2 Å². The van der Waals surface area contributed by atoms with Crippen molar-refractivity contribution in [2.75, 3.05) is 19.6 Å². The average Bonchev–Trinajstić information content (AvgIpc) is 3.01. The molecule has 0 aromatic carbocycles. The van der Waals surface area contributed by atoms with E-state index in [0.717, 1.165) is 32.4 Å². The van der Waals surface area contributed by atoms with Gasteiger partial charge in [-0.25, -0.2) is 0 Å². The van der Waals surface area contributed by atoms with Gasteiger partial charge in [0.25, 0.3) is 0 Å². The number of carbonyl (C=O) groups excluding carboxylic acids is 2. The number of halogens is 1. The van der Waals surface area contributed by atoms with Crippen molar-refractivity contribution in [3.63, 3.8) is 0 Å². The zero-order chi connectivity index (χ0) is 15.8. The Morgan fingerprint density at radius 1 is 1.13 bits per heavy atom. The summed E-state index contributed by atoms with van der Waals surface area (Å²) in [5, 5.41) is 9.11. The van der Waals surface area contributed by atoms with Gasteiger partial charge in [-0.1, -0.05) is 19.3 Å². The standard InChI is InChI=1S/C17H31N3O2.ClH/c1-13(17(22)19-10-8-15-7-9-18-12-15)20-16(21)11-14-5-3-2-4-6-14;/h13-15,18H,2-12H2,1H3,(H,19,22)(H,20,21);1H. The summed E-state index contributed by atoms with van der Waals surface area (Å²) in [6.07, 6.45) is 8.88. The van der Waals surface area contributed by atoms with Crippen molar-refractivity contribution in [1.82, 2.24) is 16.0 Å². The van der Waals surface area contributed by atoms with Crippen LogP contribution in [-0.2, 0) is 9.59 Å². The smallest absolute Gasteiger partial charge is 0.242 e. The van der Waals surface area contributed by atoms with Crippen LogP contribution in [0.25, 0.3) is 0 Å². The van der Waals surface area contributed by atoms with Gasteiger partial charge in [-0.2, -0.15) is 0 Å². The van der Waals surface area contributed by atoms with Gasteiger partial charge in [0.05, 0.1) is 0 Å². The zero-order valence-electron chi connectivity index (χ0n) is 14.2. The Labute approximate surface area is 146 Å². The monoisotopic (exact) mass is 345 g/mol. The molecular weight excluding hydrogens is 314 g/mol. The van der Waals surface area contributed by atoms with Crippen molar-refractivity contribution in [2.45, 2.75) is 64.3 Å². The third kappa shape index (κ3) is 7.53. The summed E-state index contributed by atoms with van der Waals surface area (Å²) in [6, 6.07) is -0.433. The number of amides is 2. The van der Waals surface area contributed by atoms with Gasteiger partial charge in [0.15, 0.2) is 0 Å². The molecule has 2 unspecified atom stereocenters. The summed E-state index contributed by atoms with van der Waals surface area (Å²) >= 11 is 0. The number of hydrogen-bond acceptors (Lipinski definition) is 3. The maximum atomic E-state index is 12.0. The second-order valence-electron chi connectivity index (χ2n) is 6.94. The molecule has 23 heavy (non-hydrogen) atoms. The SMILES string of the molecule is CC(NC(=O)CC1CCCCC1)C(=O)NCCC1CCNC1.Cl.